The predicted octanol–water partition coefficient (Wildman–Crippen LogP) is 1.36. The van der Waals surface area contributed by atoms with Gasteiger partial charge in [-0.25, -0.2) is 0 Å². The van der Waals surface area contributed by atoms with Gasteiger partial charge in [-0.1, -0.05) is 0 Å². The molecule has 1 rings (SSSR count). The lowest BCUT2D eigenvalue weighted by Crippen LogP contribution is -2.61. The topological polar surface area (TPSA) is 37.3 Å². The van der Waals surface area contributed by atoms with E-state index in [1.807, 2.05) is 0 Å². The summed E-state index contributed by atoms with van der Waals surface area (Å²) >= 11 is 0. The van der Waals surface area contributed by atoms with Crippen molar-refractivity contribution >= 4 is 5.97 Å². The standard InChI is InChI=1S/C5H4F4O2/c6-4(7)1-2(3(10)11)5(4,8)9/h2H,1H2,(H,10,11)/t2-/m0/s1. The molecule has 11 heavy (non-hydrogen) atoms. The Morgan fingerprint density at radius 2 is 1.82 bits per heavy atom. The Balaban J connectivity index is 2.77. The number of carbonyl (C=O) groups is 1. The molecule has 0 spiro atoms. The molecule has 0 radical (unpaired) electrons. The number of alkyl halides is 4. The van der Waals surface area contributed by atoms with Gasteiger partial charge in [-0.3, -0.25) is 4.79 Å². The predicted molar refractivity (Wildman–Crippen MR) is 25.6 cm³/mol. The van der Waals surface area contributed by atoms with Crippen molar-refractivity contribution in [2.45, 2.75) is 18.3 Å². The average molecular weight is 172 g/mol. The first-order chi connectivity index (χ1) is 4.79. The third-order valence-electron chi connectivity index (χ3n) is 1.68. The first kappa shape index (κ1) is 8.29. The SMILES string of the molecule is O=C(O)[C@@H]1CC(F)(F)C1(F)F. The van der Waals surface area contributed by atoms with Crippen molar-refractivity contribution in [1.82, 2.24) is 0 Å². The Hall–Kier alpha value is -0.810. The van der Waals surface area contributed by atoms with Gasteiger partial charge in [-0.15, -0.1) is 0 Å². The van der Waals surface area contributed by atoms with E-state index < -0.39 is 30.2 Å². The van der Waals surface area contributed by atoms with Gasteiger partial charge in [-0.2, -0.15) is 17.6 Å². The second-order valence-electron chi connectivity index (χ2n) is 2.42. The fourth-order valence-electron chi connectivity index (χ4n) is 0.887. The zero-order chi connectivity index (χ0) is 8.86. The summed E-state index contributed by atoms with van der Waals surface area (Å²) < 4.78 is 48.0. The summed E-state index contributed by atoms with van der Waals surface area (Å²) in [6, 6.07) is 0. The molecule has 0 amide bonds. The summed E-state index contributed by atoms with van der Waals surface area (Å²) in [4.78, 5) is 9.87. The molecule has 0 heterocycles. The molecule has 1 atom stereocenters. The lowest BCUT2D eigenvalue weighted by atomic mass is 9.77. The lowest BCUT2D eigenvalue weighted by molar-refractivity contribution is -0.309. The molecule has 0 bridgehead atoms. The maximum absolute atomic E-state index is 12.1. The van der Waals surface area contributed by atoms with Crippen LogP contribution in [0.3, 0.4) is 0 Å². The van der Waals surface area contributed by atoms with E-state index in [-0.39, 0.29) is 0 Å². The van der Waals surface area contributed by atoms with Crippen molar-refractivity contribution in [2.24, 2.45) is 5.92 Å². The van der Waals surface area contributed by atoms with Crippen LogP contribution in [0.15, 0.2) is 0 Å². The van der Waals surface area contributed by atoms with Crippen LogP contribution in [-0.4, -0.2) is 22.9 Å². The van der Waals surface area contributed by atoms with Crippen LogP contribution >= 0.6 is 0 Å². The largest absolute Gasteiger partial charge is 0.481 e. The number of carboxylic acid groups (broad SMARTS) is 1. The van der Waals surface area contributed by atoms with Gasteiger partial charge in [0.1, 0.15) is 5.92 Å². The highest BCUT2D eigenvalue weighted by Gasteiger charge is 2.74. The Bertz CT molecular complexity index is 201. The van der Waals surface area contributed by atoms with Crippen LogP contribution in [0.25, 0.3) is 0 Å². The van der Waals surface area contributed by atoms with Crippen LogP contribution in [0, 0.1) is 5.92 Å². The number of rotatable bonds is 1. The van der Waals surface area contributed by atoms with E-state index in [1.54, 1.807) is 0 Å². The summed E-state index contributed by atoms with van der Waals surface area (Å²) in [6.07, 6.45) is -1.27. The molecule has 1 saturated carbocycles. The minimum absolute atomic E-state index is 1.27. The summed E-state index contributed by atoms with van der Waals surface area (Å²) in [7, 11) is 0. The van der Waals surface area contributed by atoms with Gasteiger partial charge in [-0.05, 0) is 0 Å². The van der Waals surface area contributed by atoms with Crippen LogP contribution in [0.2, 0.25) is 0 Å². The maximum atomic E-state index is 12.1. The van der Waals surface area contributed by atoms with Gasteiger partial charge in [0, 0.05) is 6.42 Å². The van der Waals surface area contributed by atoms with E-state index in [0.717, 1.165) is 0 Å². The number of aliphatic carboxylic acids is 1. The molecule has 64 valence electrons. The van der Waals surface area contributed by atoms with Gasteiger partial charge < -0.3 is 5.11 Å². The Kier molecular flexibility index (Phi) is 1.40. The fourth-order valence-corrected chi connectivity index (χ4v) is 0.887. The van der Waals surface area contributed by atoms with Crippen molar-refractivity contribution in [3.8, 4) is 0 Å². The Labute approximate surface area is 58.8 Å². The van der Waals surface area contributed by atoms with Gasteiger partial charge in [0.15, 0.2) is 0 Å². The van der Waals surface area contributed by atoms with Gasteiger partial charge in [0.05, 0.1) is 0 Å². The second-order valence-corrected chi connectivity index (χ2v) is 2.42. The minimum Gasteiger partial charge on any atom is -0.481 e. The highest BCUT2D eigenvalue weighted by Crippen LogP contribution is 2.55. The van der Waals surface area contributed by atoms with E-state index in [2.05, 4.69) is 0 Å². The summed E-state index contributed by atoms with van der Waals surface area (Å²) in [5, 5.41) is 7.99. The van der Waals surface area contributed by atoms with Crippen molar-refractivity contribution in [1.29, 1.82) is 0 Å². The molecule has 0 aliphatic heterocycles. The molecular formula is C5H4F4O2. The summed E-state index contributed by atoms with van der Waals surface area (Å²) in [5.41, 5.74) is 0. The molecule has 1 aliphatic rings. The monoisotopic (exact) mass is 172 g/mol. The van der Waals surface area contributed by atoms with Crippen LogP contribution < -0.4 is 0 Å². The van der Waals surface area contributed by atoms with Crippen molar-refractivity contribution in [2.75, 3.05) is 0 Å². The first-order valence-corrected chi connectivity index (χ1v) is 2.77. The van der Waals surface area contributed by atoms with Crippen LogP contribution in [-0.2, 0) is 4.79 Å². The molecule has 0 aromatic rings. The number of hydrogen-bond acceptors (Lipinski definition) is 1. The quantitative estimate of drug-likeness (QED) is 0.606. The first-order valence-electron chi connectivity index (χ1n) is 2.77. The zero-order valence-corrected chi connectivity index (χ0v) is 5.15. The van der Waals surface area contributed by atoms with E-state index >= 15 is 0 Å². The molecular weight excluding hydrogens is 168 g/mol. The van der Waals surface area contributed by atoms with E-state index in [1.165, 1.54) is 0 Å². The average Bonchev–Trinajstić information content (AvgIpc) is 1.82. The van der Waals surface area contributed by atoms with Gasteiger partial charge in [0.25, 0.3) is 0 Å². The number of carboxylic acids is 1. The van der Waals surface area contributed by atoms with Crippen LogP contribution in [0.1, 0.15) is 6.42 Å². The smallest absolute Gasteiger partial charge is 0.323 e. The molecule has 6 heteroatoms. The lowest BCUT2D eigenvalue weighted by Gasteiger charge is -2.41. The maximum Gasteiger partial charge on any atom is 0.323 e. The molecule has 0 aromatic carbocycles. The van der Waals surface area contributed by atoms with Gasteiger partial charge >= 0.3 is 17.8 Å². The molecule has 1 fully saturated rings. The van der Waals surface area contributed by atoms with Crippen molar-refractivity contribution < 1.29 is 27.5 Å². The molecule has 0 unspecified atom stereocenters. The molecule has 2 nitrogen and oxygen atoms in total. The summed E-state index contributed by atoms with van der Waals surface area (Å²) in [6.45, 7) is 0. The Morgan fingerprint density at radius 1 is 1.36 bits per heavy atom. The highest BCUT2D eigenvalue weighted by molar-refractivity contribution is 5.73. The normalized spacial score (nSPS) is 32.5. The third-order valence-corrected chi connectivity index (χ3v) is 1.68. The minimum atomic E-state index is -4.38. The van der Waals surface area contributed by atoms with E-state index in [0.29, 0.717) is 0 Å². The molecule has 0 saturated heterocycles. The fraction of sp³-hybridized carbons (Fsp3) is 0.800. The Morgan fingerprint density at radius 3 is 1.91 bits per heavy atom. The molecule has 0 aromatic heterocycles. The van der Waals surface area contributed by atoms with E-state index in [4.69, 9.17) is 5.11 Å². The molecule has 1 N–H and O–H groups in total. The zero-order valence-electron chi connectivity index (χ0n) is 5.15. The second kappa shape index (κ2) is 1.86. The van der Waals surface area contributed by atoms with Crippen molar-refractivity contribution in [3.05, 3.63) is 0 Å². The number of halogens is 4. The molecule has 1 aliphatic carbocycles. The van der Waals surface area contributed by atoms with E-state index in [9.17, 15) is 22.4 Å². The van der Waals surface area contributed by atoms with Crippen molar-refractivity contribution in [3.63, 3.8) is 0 Å². The van der Waals surface area contributed by atoms with Crippen LogP contribution in [0.5, 0.6) is 0 Å². The third kappa shape index (κ3) is 0.883. The number of hydrogen-bond donors (Lipinski definition) is 1. The highest BCUT2D eigenvalue weighted by atomic mass is 19.3. The van der Waals surface area contributed by atoms with Crippen LogP contribution in [0.4, 0.5) is 17.6 Å². The summed E-state index contributed by atoms with van der Waals surface area (Å²) in [5.74, 6) is -12.6. The van der Waals surface area contributed by atoms with Gasteiger partial charge in [0.2, 0.25) is 0 Å².